The minimum atomic E-state index is -0.812. The Morgan fingerprint density at radius 1 is 0.469 bits per heavy atom. The molecule has 8 fully saturated rings. The van der Waals surface area contributed by atoms with E-state index in [-0.39, 0.29) is 6.42 Å². The van der Waals surface area contributed by atoms with Gasteiger partial charge < -0.3 is 18.9 Å². The zero-order valence-electron chi connectivity index (χ0n) is 29.5. The first-order valence-corrected chi connectivity index (χ1v) is 22.1. The lowest BCUT2D eigenvalue weighted by molar-refractivity contribution is -0.169. The predicted octanol–water partition coefficient (Wildman–Crippen LogP) is 7.23. The van der Waals surface area contributed by atoms with E-state index < -0.39 is 23.9 Å². The van der Waals surface area contributed by atoms with Crippen LogP contribution < -0.4 is 0 Å². The fraction of sp³-hybridized carbons (Fsp3) is 0.892. The molecule has 12 unspecified atom stereocenters. The van der Waals surface area contributed by atoms with Crippen molar-refractivity contribution in [2.45, 2.75) is 151 Å². The van der Waals surface area contributed by atoms with Crippen LogP contribution in [0.3, 0.4) is 0 Å². The Morgan fingerprint density at radius 2 is 0.735 bits per heavy atom. The monoisotopic (exact) mass is 754 g/mol. The SMILES string of the molecule is CC12CCC(COC(=O)C(=O)OCC3CCC4(C)SC4C3)CC1S2.CC12CCC(COC(=O)CC(=O)OCC3CCC4(C)SC4C3)CC1S2. The maximum atomic E-state index is 11.9. The largest absolute Gasteiger partial charge is 0.465 e. The Hall–Kier alpha value is -0.720. The molecule has 0 aromatic heterocycles. The molecule has 12 atom stereocenters. The average molecular weight is 755 g/mol. The van der Waals surface area contributed by atoms with Gasteiger partial charge in [0.15, 0.2) is 0 Å². The van der Waals surface area contributed by atoms with Crippen LogP contribution in [0.15, 0.2) is 0 Å². The Morgan fingerprint density at radius 3 is 1.00 bits per heavy atom. The first-order valence-electron chi connectivity index (χ1n) is 18.6. The van der Waals surface area contributed by atoms with Crippen LogP contribution in [0.2, 0.25) is 0 Å². The molecular weight excluding hydrogens is 701 g/mol. The van der Waals surface area contributed by atoms with Crippen molar-refractivity contribution < 1.29 is 38.1 Å². The van der Waals surface area contributed by atoms with E-state index in [0.29, 0.717) is 69.1 Å². The highest BCUT2D eigenvalue weighted by molar-refractivity contribution is 8.09. The zero-order valence-corrected chi connectivity index (χ0v) is 32.8. The molecule has 0 aromatic rings. The highest BCUT2D eigenvalue weighted by Crippen LogP contribution is 2.64. The van der Waals surface area contributed by atoms with E-state index in [2.05, 4.69) is 51.2 Å². The van der Waals surface area contributed by atoms with Gasteiger partial charge in [-0.25, -0.2) is 9.59 Å². The van der Waals surface area contributed by atoms with Crippen LogP contribution >= 0.6 is 47.0 Å². The Bertz CT molecular complexity index is 1220. The third-order valence-electron chi connectivity index (χ3n) is 12.8. The van der Waals surface area contributed by atoms with Gasteiger partial charge in [-0.05, 0) is 128 Å². The highest BCUT2D eigenvalue weighted by Gasteiger charge is 2.56. The number of carbonyl (C=O) groups excluding carboxylic acids is 4. The highest BCUT2D eigenvalue weighted by atomic mass is 32.2. The van der Waals surface area contributed by atoms with E-state index in [1.165, 1.54) is 25.7 Å². The number of hydrogen-bond acceptors (Lipinski definition) is 12. The van der Waals surface area contributed by atoms with Crippen molar-refractivity contribution in [1.29, 1.82) is 0 Å². The third-order valence-corrected chi connectivity index (χ3v) is 19.9. The Balaban J connectivity index is 0.000000154. The van der Waals surface area contributed by atoms with E-state index in [0.717, 1.165) is 72.4 Å². The van der Waals surface area contributed by atoms with Crippen LogP contribution in [0.4, 0.5) is 0 Å². The lowest BCUT2D eigenvalue weighted by atomic mass is 9.83. The third kappa shape index (κ3) is 9.09. The van der Waals surface area contributed by atoms with Crippen LogP contribution in [0.1, 0.15) is 111 Å². The number of carbonyl (C=O) groups is 4. The molecule has 4 aliphatic heterocycles. The van der Waals surface area contributed by atoms with Gasteiger partial charge in [0.05, 0.1) is 26.4 Å². The molecule has 4 heterocycles. The van der Waals surface area contributed by atoms with E-state index in [4.69, 9.17) is 18.9 Å². The van der Waals surface area contributed by atoms with Gasteiger partial charge in [-0.1, -0.05) is 0 Å². The van der Waals surface area contributed by atoms with E-state index in [1.807, 2.05) is 23.5 Å². The molecule has 0 aromatic carbocycles. The quantitative estimate of drug-likeness (QED) is 0.0739. The molecule has 0 bridgehead atoms. The summed E-state index contributed by atoms with van der Waals surface area (Å²) in [4.78, 5) is 47.4. The smallest absolute Gasteiger partial charge is 0.417 e. The summed E-state index contributed by atoms with van der Waals surface area (Å²) < 4.78 is 23.0. The fourth-order valence-corrected chi connectivity index (χ4v) is 14.2. The minimum absolute atomic E-state index is 0.245. The lowest BCUT2D eigenvalue weighted by Crippen LogP contribution is -2.29. The first-order chi connectivity index (χ1) is 23.2. The normalized spacial score (nSPS) is 44.9. The summed E-state index contributed by atoms with van der Waals surface area (Å²) in [6, 6.07) is 0. The van der Waals surface area contributed by atoms with E-state index in [1.54, 1.807) is 0 Å². The van der Waals surface area contributed by atoms with Crippen molar-refractivity contribution in [3.8, 4) is 0 Å². The van der Waals surface area contributed by atoms with Gasteiger partial charge in [-0.3, -0.25) is 9.59 Å². The molecule has 0 radical (unpaired) electrons. The molecule has 4 aliphatic carbocycles. The summed E-state index contributed by atoms with van der Waals surface area (Å²) in [6.07, 6.45) is 13.5. The van der Waals surface area contributed by atoms with Crippen LogP contribution in [0, 0.1) is 23.7 Å². The zero-order chi connectivity index (χ0) is 34.6. The summed E-state index contributed by atoms with van der Waals surface area (Å²) >= 11 is 8.19. The molecule has 0 N–H and O–H groups in total. The van der Waals surface area contributed by atoms with Crippen molar-refractivity contribution in [3.05, 3.63) is 0 Å². The molecule has 0 spiro atoms. The van der Waals surface area contributed by atoms with Gasteiger partial charge in [0.25, 0.3) is 0 Å². The number of hydrogen-bond donors (Lipinski definition) is 0. The number of esters is 4. The molecule has 8 nitrogen and oxygen atoms in total. The van der Waals surface area contributed by atoms with Crippen molar-refractivity contribution in [2.24, 2.45) is 23.7 Å². The number of rotatable bonds is 10. The van der Waals surface area contributed by atoms with Crippen LogP contribution in [0.25, 0.3) is 0 Å². The Labute approximate surface area is 308 Å². The van der Waals surface area contributed by atoms with Gasteiger partial charge in [0.2, 0.25) is 0 Å². The second-order valence-corrected chi connectivity index (χ2v) is 23.9. The second kappa shape index (κ2) is 14.3. The van der Waals surface area contributed by atoms with Gasteiger partial charge >= 0.3 is 23.9 Å². The van der Waals surface area contributed by atoms with Crippen molar-refractivity contribution in [3.63, 3.8) is 0 Å². The summed E-state index contributed by atoms with van der Waals surface area (Å²) in [5, 5.41) is 2.94. The van der Waals surface area contributed by atoms with Crippen molar-refractivity contribution in [2.75, 3.05) is 26.4 Å². The van der Waals surface area contributed by atoms with Gasteiger partial charge in [0, 0.05) is 40.0 Å². The molecule has 274 valence electrons. The van der Waals surface area contributed by atoms with E-state index >= 15 is 0 Å². The lowest BCUT2D eigenvalue weighted by Gasteiger charge is -2.24. The minimum Gasteiger partial charge on any atom is -0.465 e. The summed E-state index contributed by atoms with van der Waals surface area (Å²) in [5.74, 6) is -0.773. The standard InChI is InChI=1S/C19H28O4S2.C18H26O4S2/c1-18-5-3-12(7-14(18)24-18)10-22-16(20)9-17(21)23-11-13-4-6-19(2)15(8-13)25-19;1-17-5-3-11(7-13(17)23-17)9-21-15(19)16(20)22-10-12-4-6-18(2)14(8-12)24-18/h12-15H,3-11H2,1-2H3;11-14H,3-10H2,1-2H3. The number of ether oxygens (including phenoxy) is 4. The number of fused-ring (bicyclic) bond motifs is 4. The first kappa shape index (κ1) is 36.6. The summed E-state index contributed by atoms with van der Waals surface area (Å²) in [7, 11) is 0. The predicted molar refractivity (Wildman–Crippen MR) is 197 cm³/mol. The van der Waals surface area contributed by atoms with Crippen molar-refractivity contribution in [1.82, 2.24) is 0 Å². The van der Waals surface area contributed by atoms with Crippen LogP contribution in [-0.4, -0.2) is 90.3 Å². The fourth-order valence-electron chi connectivity index (χ4n) is 8.63. The van der Waals surface area contributed by atoms with Gasteiger partial charge in [-0.15, -0.1) is 47.0 Å². The molecule has 8 rings (SSSR count). The molecule has 0 amide bonds. The van der Waals surface area contributed by atoms with Crippen LogP contribution in [-0.2, 0) is 38.1 Å². The molecular formula is C37H54O8S4. The maximum Gasteiger partial charge on any atom is 0.417 e. The van der Waals surface area contributed by atoms with Gasteiger partial charge in [-0.2, -0.15) is 0 Å². The summed E-state index contributed by atoms with van der Waals surface area (Å²) in [6.45, 7) is 10.9. The van der Waals surface area contributed by atoms with E-state index in [9.17, 15) is 19.2 Å². The second-order valence-electron chi connectivity index (χ2n) is 17.0. The molecule has 8 aliphatic rings. The Kier molecular flexibility index (Phi) is 10.7. The average Bonchev–Trinajstić information content (AvgIpc) is 3.97. The molecule has 49 heavy (non-hydrogen) atoms. The number of thioether (sulfide) groups is 4. The molecule has 12 heteroatoms. The maximum absolute atomic E-state index is 11.9. The van der Waals surface area contributed by atoms with Crippen molar-refractivity contribution >= 4 is 70.9 Å². The molecule has 4 saturated carbocycles. The summed E-state index contributed by atoms with van der Waals surface area (Å²) in [5.41, 5.74) is 0. The van der Waals surface area contributed by atoms with Gasteiger partial charge in [0.1, 0.15) is 6.42 Å². The topological polar surface area (TPSA) is 105 Å². The van der Waals surface area contributed by atoms with Crippen LogP contribution in [0.5, 0.6) is 0 Å². The molecule has 4 saturated heterocycles.